The molecule has 146 valence electrons. The molecule has 0 atom stereocenters. The van der Waals surface area contributed by atoms with Crippen molar-refractivity contribution < 1.29 is 9.53 Å². The van der Waals surface area contributed by atoms with Gasteiger partial charge in [0.2, 0.25) is 11.9 Å². The average molecular weight is 388 g/mol. The highest BCUT2D eigenvalue weighted by Crippen LogP contribution is 2.23. The number of nitrogens with two attached hydrogens (primary N) is 1. The van der Waals surface area contributed by atoms with E-state index >= 15 is 0 Å². The molecule has 8 heteroatoms. The topological polar surface area (TPSA) is 119 Å². The predicted molar refractivity (Wildman–Crippen MR) is 111 cm³/mol. The number of rotatable bonds is 5. The molecule has 0 saturated carbocycles. The zero-order valence-electron chi connectivity index (χ0n) is 16.1. The molecule has 4 aromatic rings. The number of nitrogens with zero attached hydrogens (tertiary/aromatic N) is 3. The van der Waals surface area contributed by atoms with Crippen LogP contribution in [0.3, 0.4) is 0 Å². The summed E-state index contributed by atoms with van der Waals surface area (Å²) >= 11 is 0. The molecule has 0 amide bonds. The first-order chi connectivity index (χ1) is 14.0. The molecule has 0 aliphatic heterocycles. The van der Waals surface area contributed by atoms with Crippen molar-refractivity contribution in [3.63, 3.8) is 0 Å². The first-order valence-electron chi connectivity index (χ1n) is 9.08. The van der Waals surface area contributed by atoms with Gasteiger partial charge in [-0.2, -0.15) is 15.0 Å². The zero-order valence-corrected chi connectivity index (χ0v) is 16.1. The van der Waals surface area contributed by atoms with Gasteiger partial charge in [0.25, 0.3) is 0 Å². The van der Waals surface area contributed by atoms with Crippen LogP contribution in [0.25, 0.3) is 10.9 Å². The van der Waals surface area contributed by atoms with E-state index in [0.717, 1.165) is 27.8 Å². The Morgan fingerprint density at radius 2 is 1.90 bits per heavy atom. The second-order valence-corrected chi connectivity index (χ2v) is 6.64. The standard InChI is InChI=1S/C21H20N6O2/c1-12-13(2)23-17-9-8-14(10-16(12)17)19(28)29-11-18-25-20(22)27-21(26-18)24-15-6-4-3-5-7-15/h3-10,23H,11H2,1-2H3,(H3,22,24,25,26,27). The second-order valence-electron chi connectivity index (χ2n) is 6.64. The normalized spacial score (nSPS) is 10.8. The Morgan fingerprint density at radius 3 is 2.69 bits per heavy atom. The molecule has 4 rings (SSSR count). The van der Waals surface area contributed by atoms with E-state index in [9.17, 15) is 4.79 Å². The van der Waals surface area contributed by atoms with E-state index in [0.29, 0.717) is 5.56 Å². The maximum atomic E-state index is 12.5. The lowest BCUT2D eigenvalue weighted by Gasteiger charge is -2.08. The summed E-state index contributed by atoms with van der Waals surface area (Å²) in [5, 5.41) is 4.04. The van der Waals surface area contributed by atoms with Crippen molar-refractivity contribution in [1.82, 2.24) is 19.9 Å². The van der Waals surface area contributed by atoms with Crippen molar-refractivity contribution in [3.05, 3.63) is 71.2 Å². The highest BCUT2D eigenvalue weighted by atomic mass is 16.5. The molecule has 8 nitrogen and oxygen atoms in total. The number of benzene rings is 2. The number of ether oxygens (including phenoxy) is 1. The van der Waals surface area contributed by atoms with E-state index in [4.69, 9.17) is 10.5 Å². The van der Waals surface area contributed by atoms with Crippen molar-refractivity contribution in [2.75, 3.05) is 11.1 Å². The number of fused-ring (bicyclic) bond motifs is 1. The quantitative estimate of drug-likeness (QED) is 0.446. The Bertz CT molecular complexity index is 1190. The fraction of sp³-hybridized carbons (Fsp3) is 0.143. The summed E-state index contributed by atoms with van der Waals surface area (Å²) in [7, 11) is 0. The Kier molecular flexibility index (Phi) is 4.82. The molecule has 0 fully saturated rings. The number of aromatic nitrogens is 4. The maximum absolute atomic E-state index is 12.5. The Hall–Kier alpha value is -3.94. The summed E-state index contributed by atoms with van der Waals surface area (Å²) < 4.78 is 5.38. The molecule has 4 N–H and O–H groups in total. The lowest BCUT2D eigenvalue weighted by molar-refractivity contribution is 0.0462. The van der Waals surface area contributed by atoms with Gasteiger partial charge in [-0.3, -0.25) is 0 Å². The number of H-pyrrole nitrogens is 1. The second kappa shape index (κ2) is 7.59. The number of esters is 1. The van der Waals surface area contributed by atoms with Crippen LogP contribution < -0.4 is 11.1 Å². The third kappa shape index (κ3) is 4.01. The molecular weight excluding hydrogens is 368 g/mol. The molecule has 2 heterocycles. The SMILES string of the molecule is Cc1[nH]c2ccc(C(=O)OCc3nc(N)nc(Nc4ccccc4)n3)cc2c1C. The Balaban J connectivity index is 1.48. The monoisotopic (exact) mass is 388 g/mol. The number of anilines is 3. The summed E-state index contributed by atoms with van der Waals surface area (Å²) in [6, 6.07) is 14.9. The van der Waals surface area contributed by atoms with Crippen LogP contribution in [0.15, 0.2) is 48.5 Å². The van der Waals surface area contributed by atoms with Crippen LogP contribution in [0, 0.1) is 13.8 Å². The van der Waals surface area contributed by atoms with E-state index in [1.54, 1.807) is 6.07 Å². The molecule has 0 bridgehead atoms. The summed E-state index contributed by atoms with van der Waals surface area (Å²) in [6.45, 7) is 3.90. The van der Waals surface area contributed by atoms with E-state index in [1.807, 2.05) is 56.3 Å². The largest absolute Gasteiger partial charge is 0.454 e. The van der Waals surface area contributed by atoms with Crippen molar-refractivity contribution in [3.8, 4) is 0 Å². The molecule has 0 aliphatic carbocycles. The first-order valence-corrected chi connectivity index (χ1v) is 9.08. The number of carbonyl (C=O) groups is 1. The predicted octanol–water partition coefficient (Wildman–Crippen LogP) is 3.65. The number of hydrogen-bond acceptors (Lipinski definition) is 7. The van der Waals surface area contributed by atoms with Crippen molar-refractivity contribution in [2.45, 2.75) is 20.5 Å². The number of para-hydroxylation sites is 1. The van der Waals surface area contributed by atoms with E-state index in [1.165, 1.54) is 0 Å². The Labute approximate surface area is 167 Å². The molecule has 2 aromatic heterocycles. The van der Waals surface area contributed by atoms with Crippen molar-refractivity contribution in [2.24, 2.45) is 0 Å². The molecule has 0 saturated heterocycles. The smallest absolute Gasteiger partial charge is 0.338 e. The highest BCUT2D eigenvalue weighted by Gasteiger charge is 2.13. The summed E-state index contributed by atoms with van der Waals surface area (Å²) in [5.41, 5.74) is 10.2. The zero-order chi connectivity index (χ0) is 20.4. The molecule has 0 spiro atoms. The molecule has 0 radical (unpaired) electrons. The van der Waals surface area contributed by atoms with Gasteiger partial charge in [0.15, 0.2) is 12.4 Å². The van der Waals surface area contributed by atoms with Crippen LogP contribution >= 0.6 is 0 Å². The van der Waals surface area contributed by atoms with Gasteiger partial charge in [0, 0.05) is 22.3 Å². The highest BCUT2D eigenvalue weighted by molar-refractivity contribution is 5.96. The summed E-state index contributed by atoms with van der Waals surface area (Å²) in [5.74, 6) is 0.139. The number of aromatic amines is 1. The molecule has 0 aliphatic rings. The van der Waals surface area contributed by atoms with Gasteiger partial charge in [0.1, 0.15) is 0 Å². The van der Waals surface area contributed by atoms with Gasteiger partial charge in [-0.1, -0.05) is 18.2 Å². The minimum atomic E-state index is -0.457. The van der Waals surface area contributed by atoms with E-state index in [2.05, 4.69) is 25.3 Å². The van der Waals surface area contributed by atoms with Crippen LogP contribution in [0.5, 0.6) is 0 Å². The number of aryl methyl sites for hydroxylation is 2. The lowest BCUT2D eigenvalue weighted by Crippen LogP contribution is -2.11. The van der Waals surface area contributed by atoms with Crippen LogP contribution in [0.2, 0.25) is 0 Å². The van der Waals surface area contributed by atoms with E-state index in [-0.39, 0.29) is 24.3 Å². The fourth-order valence-electron chi connectivity index (χ4n) is 3.01. The van der Waals surface area contributed by atoms with Gasteiger partial charge in [0.05, 0.1) is 5.56 Å². The number of carbonyl (C=O) groups excluding carboxylic acids is 1. The number of nitrogen functional groups attached to an aromatic ring is 1. The molecular formula is C21H20N6O2. The molecule has 0 unspecified atom stereocenters. The van der Waals surface area contributed by atoms with Gasteiger partial charge in [-0.05, 0) is 49.7 Å². The van der Waals surface area contributed by atoms with Gasteiger partial charge >= 0.3 is 5.97 Å². The first kappa shape index (κ1) is 18.4. The maximum Gasteiger partial charge on any atom is 0.338 e. The minimum Gasteiger partial charge on any atom is -0.454 e. The lowest BCUT2D eigenvalue weighted by atomic mass is 10.1. The van der Waals surface area contributed by atoms with Crippen LogP contribution in [0.1, 0.15) is 27.4 Å². The van der Waals surface area contributed by atoms with Crippen molar-refractivity contribution >= 4 is 34.5 Å². The molecule has 29 heavy (non-hydrogen) atoms. The average Bonchev–Trinajstić information content (AvgIpc) is 3.00. The third-order valence-electron chi connectivity index (χ3n) is 4.61. The van der Waals surface area contributed by atoms with E-state index < -0.39 is 5.97 Å². The summed E-state index contributed by atoms with van der Waals surface area (Å²) in [6.07, 6.45) is 0. The molecule has 2 aromatic carbocycles. The van der Waals surface area contributed by atoms with Gasteiger partial charge in [-0.15, -0.1) is 0 Å². The van der Waals surface area contributed by atoms with Crippen LogP contribution in [-0.2, 0) is 11.3 Å². The van der Waals surface area contributed by atoms with Crippen LogP contribution in [-0.4, -0.2) is 25.9 Å². The Morgan fingerprint density at radius 1 is 1.10 bits per heavy atom. The fourth-order valence-corrected chi connectivity index (χ4v) is 3.01. The van der Waals surface area contributed by atoms with Gasteiger partial charge < -0.3 is 20.8 Å². The van der Waals surface area contributed by atoms with Crippen molar-refractivity contribution in [1.29, 1.82) is 0 Å². The number of hydrogen-bond donors (Lipinski definition) is 3. The minimum absolute atomic E-state index is 0.0457. The summed E-state index contributed by atoms with van der Waals surface area (Å²) in [4.78, 5) is 28.1. The number of nitrogens with one attached hydrogen (secondary N) is 2. The van der Waals surface area contributed by atoms with Gasteiger partial charge in [-0.25, -0.2) is 4.79 Å². The van der Waals surface area contributed by atoms with Crippen LogP contribution in [0.4, 0.5) is 17.6 Å². The third-order valence-corrected chi connectivity index (χ3v) is 4.61.